The maximum atomic E-state index is 12.3. The van der Waals surface area contributed by atoms with Crippen LogP contribution in [0.5, 0.6) is 5.75 Å². The fourth-order valence-corrected chi connectivity index (χ4v) is 2.10. The molecule has 1 aromatic rings. The predicted molar refractivity (Wildman–Crippen MR) is 67.5 cm³/mol. The Kier molecular flexibility index (Phi) is 4.21. The second-order valence-electron chi connectivity index (χ2n) is 4.51. The van der Waals surface area contributed by atoms with E-state index in [1.165, 1.54) is 13.0 Å². The SMILES string of the molecule is Cc1cc(N2CCOCC2)c([N+](=O)[O-])cc1OC(F)(F)F. The zero-order valence-corrected chi connectivity index (χ0v) is 11.1. The number of aryl methyl sites for hydroxylation is 1. The fourth-order valence-electron chi connectivity index (χ4n) is 2.10. The van der Waals surface area contributed by atoms with Crippen molar-refractivity contribution in [3.05, 3.63) is 27.8 Å². The molecule has 0 spiro atoms. The van der Waals surface area contributed by atoms with E-state index >= 15 is 0 Å². The van der Waals surface area contributed by atoms with Crippen molar-refractivity contribution in [2.75, 3.05) is 31.2 Å². The lowest BCUT2D eigenvalue weighted by Crippen LogP contribution is -2.36. The highest BCUT2D eigenvalue weighted by molar-refractivity contribution is 5.67. The largest absolute Gasteiger partial charge is 0.573 e. The molecule has 0 saturated carbocycles. The minimum atomic E-state index is -4.89. The minimum absolute atomic E-state index is 0.180. The second kappa shape index (κ2) is 5.76. The van der Waals surface area contributed by atoms with Gasteiger partial charge >= 0.3 is 6.36 Å². The molecule has 116 valence electrons. The number of nitro benzene ring substituents is 1. The van der Waals surface area contributed by atoms with Crippen molar-refractivity contribution in [2.24, 2.45) is 0 Å². The first kappa shape index (κ1) is 15.4. The summed E-state index contributed by atoms with van der Waals surface area (Å²) in [5.74, 6) is -0.564. The number of anilines is 1. The van der Waals surface area contributed by atoms with Crippen LogP contribution < -0.4 is 9.64 Å². The predicted octanol–water partition coefficient (Wildman–Crippen LogP) is 2.64. The molecule has 2 rings (SSSR count). The maximum absolute atomic E-state index is 12.3. The van der Waals surface area contributed by atoms with E-state index in [9.17, 15) is 23.3 Å². The lowest BCUT2D eigenvalue weighted by Gasteiger charge is -2.29. The Hall–Kier alpha value is -2.03. The monoisotopic (exact) mass is 306 g/mol. The highest BCUT2D eigenvalue weighted by atomic mass is 19.4. The molecule has 1 aliphatic heterocycles. The van der Waals surface area contributed by atoms with Gasteiger partial charge in [-0.2, -0.15) is 0 Å². The first-order chi connectivity index (χ1) is 9.78. The molecule has 0 radical (unpaired) electrons. The molecule has 1 aliphatic rings. The summed E-state index contributed by atoms with van der Waals surface area (Å²) in [6.45, 7) is 3.13. The van der Waals surface area contributed by atoms with Crippen molar-refractivity contribution < 1.29 is 27.6 Å². The van der Waals surface area contributed by atoms with Crippen molar-refractivity contribution in [3.63, 3.8) is 0 Å². The molecule has 1 heterocycles. The summed E-state index contributed by atoms with van der Waals surface area (Å²) in [4.78, 5) is 12.1. The van der Waals surface area contributed by atoms with Gasteiger partial charge < -0.3 is 14.4 Å². The van der Waals surface area contributed by atoms with E-state index in [2.05, 4.69) is 4.74 Å². The van der Waals surface area contributed by atoms with Crippen LogP contribution in [-0.4, -0.2) is 37.6 Å². The first-order valence-electron chi connectivity index (χ1n) is 6.15. The Labute approximate surface area is 118 Å². The molecule has 9 heteroatoms. The molecule has 6 nitrogen and oxygen atoms in total. The molecule has 0 atom stereocenters. The van der Waals surface area contributed by atoms with E-state index < -0.39 is 22.7 Å². The zero-order chi connectivity index (χ0) is 15.6. The van der Waals surface area contributed by atoms with Gasteiger partial charge in [0, 0.05) is 13.1 Å². The Morgan fingerprint density at radius 3 is 2.48 bits per heavy atom. The third-order valence-electron chi connectivity index (χ3n) is 3.05. The van der Waals surface area contributed by atoms with Crippen LogP contribution in [0.25, 0.3) is 0 Å². The molecule has 0 bridgehead atoms. The molecule has 21 heavy (non-hydrogen) atoms. The number of hydrogen-bond acceptors (Lipinski definition) is 5. The molecule has 0 amide bonds. The van der Waals surface area contributed by atoms with Gasteiger partial charge in [0.15, 0.2) is 0 Å². The molecule has 0 aliphatic carbocycles. The van der Waals surface area contributed by atoms with Crippen LogP contribution in [0.3, 0.4) is 0 Å². The van der Waals surface area contributed by atoms with Crippen LogP contribution in [0.4, 0.5) is 24.5 Å². The second-order valence-corrected chi connectivity index (χ2v) is 4.51. The van der Waals surface area contributed by atoms with E-state index in [0.29, 0.717) is 26.3 Å². The lowest BCUT2D eigenvalue weighted by atomic mass is 10.1. The van der Waals surface area contributed by atoms with Gasteiger partial charge in [0.1, 0.15) is 11.4 Å². The van der Waals surface area contributed by atoms with Gasteiger partial charge in [0.25, 0.3) is 5.69 Å². The number of hydrogen-bond donors (Lipinski definition) is 0. The number of morpholine rings is 1. The standard InChI is InChI=1S/C12H13F3N2O4/c1-8-6-9(16-2-4-20-5-3-16)10(17(18)19)7-11(8)21-12(13,14)15/h6-7H,2-5H2,1H3. The highest BCUT2D eigenvalue weighted by Crippen LogP contribution is 2.37. The average Bonchev–Trinajstić information content (AvgIpc) is 2.40. The summed E-state index contributed by atoms with van der Waals surface area (Å²) < 4.78 is 45.8. The summed E-state index contributed by atoms with van der Waals surface area (Å²) in [7, 11) is 0. The van der Waals surface area contributed by atoms with Crippen LogP contribution in [0.2, 0.25) is 0 Å². The number of ether oxygens (including phenoxy) is 2. The van der Waals surface area contributed by atoms with E-state index in [4.69, 9.17) is 4.74 Å². The topological polar surface area (TPSA) is 64.8 Å². The Bertz CT molecular complexity index is 542. The minimum Gasteiger partial charge on any atom is -0.405 e. The van der Waals surface area contributed by atoms with Crippen LogP contribution in [0.1, 0.15) is 5.56 Å². The van der Waals surface area contributed by atoms with Crippen LogP contribution >= 0.6 is 0 Å². The van der Waals surface area contributed by atoms with Crippen molar-refractivity contribution in [2.45, 2.75) is 13.3 Å². The van der Waals surface area contributed by atoms with Crippen LogP contribution in [0, 0.1) is 17.0 Å². The number of nitro groups is 1. The van der Waals surface area contributed by atoms with Crippen LogP contribution in [0.15, 0.2) is 12.1 Å². The summed E-state index contributed by atoms with van der Waals surface area (Å²) in [5, 5.41) is 11.1. The first-order valence-corrected chi connectivity index (χ1v) is 6.15. The summed E-state index contributed by atoms with van der Waals surface area (Å²) >= 11 is 0. The van der Waals surface area contributed by atoms with E-state index in [1.807, 2.05) is 0 Å². The summed E-state index contributed by atoms with van der Waals surface area (Å²) in [6.07, 6.45) is -4.89. The van der Waals surface area contributed by atoms with E-state index in [1.54, 1.807) is 4.90 Å². The van der Waals surface area contributed by atoms with Gasteiger partial charge in [0.05, 0.1) is 24.2 Å². The molecule has 0 unspecified atom stereocenters. The number of alkyl halides is 3. The van der Waals surface area contributed by atoms with Gasteiger partial charge in [-0.1, -0.05) is 0 Å². The van der Waals surface area contributed by atoms with Gasteiger partial charge in [-0.25, -0.2) is 0 Å². The van der Waals surface area contributed by atoms with Crippen molar-refractivity contribution >= 4 is 11.4 Å². The smallest absolute Gasteiger partial charge is 0.405 e. The van der Waals surface area contributed by atoms with Crippen molar-refractivity contribution in [1.82, 2.24) is 0 Å². The lowest BCUT2D eigenvalue weighted by molar-refractivity contribution is -0.384. The molecule has 1 saturated heterocycles. The van der Waals surface area contributed by atoms with Crippen LogP contribution in [-0.2, 0) is 4.74 Å². The van der Waals surface area contributed by atoms with Gasteiger partial charge in [-0.05, 0) is 18.6 Å². The molecular weight excluding hydrogens is 293 g/mol. The summed E-state index contributed by atoms with van der Waals surface area (Å²) in [5.41, 5.74) is 0.0384. The van der Waals surface area contributed by atoms with Gasteiger partial charge in [-0.3, -0.25) is 10.1 Å². The average molecular weight is 306 g/mol. The number of benzene rings is 1. The number of nitrogens with zero attached hydrogens (tertiary/aromatic N) is 2. The number of rotatable bonds is 3. The molecular formula is C12H13F3N2O4. The fraction of sp³-hybridized carbons (Fsp3) is 0.500. The third kappa shape index (κ3) is 3.75. The molecule has 0 N–H and O–H groups in total. The number of halogens is 3. The highest BCUT2D eigenvalue weighted by Gasteiger charge is 2.33. The molecule has 0 aromatic heterocycles. The van der Waals surface area contributed by atoms with Gasteiger partial charge in [-0.15, -0.1) is 13.2 Å². The quantitative estimate of drug-likeness (QED) is 0.634. The van der Waals surface area contributed by atoms with Crippen molar-refractivity contribution in [1.29, 1.82) is 0 Å². The molecule has 1 aromatic carbocycles. The third-order valence-corrected chi connectivity index (χ3v) is 3.05. The van der Waals surface area contributed by atoms with Gasteiger partial charge in [0.2, 0.25) is 0 Å². The Morgan fingerprint density at radius 2 is 1.95 bits per heavy atom. The van der Waals surface area contributed by atoms with E-state index in [-0.39, 0.29) is 11.3 Å². The maximum Gasteiger partial charge on any atom is 0.573 e. The molecule has 1 fully saturated rings. The Morgan fingerprint density at radius 1 is 1.33 bits per heavy atom. The van der Waals surface area contributed by atoms with E-state index in [0.717, 1.165) is 6.07 Å². The zero-order valence-electron chi connectivity index (χ0n) is 11.1. The van der Waals surface area contributed by atoms with Crippen molar-refractivity contribution in [3.8, 4) is 5.75 Å². The Balaban J connectivity index is 2.41. The summed E-state index contributed by atoms with van der Waals surface area (Å²) in [6, 6.07) is 2.15. The normalized spacial score (nSPS) is 15.9.